The molecule has 0 unspecified atom stereocenters. The van der Waals surface area contributed by atoms with E-state index in [-0.39, 0.29) is 23.2 Å². The molecule has 10 nitrogen and oxygen atoms in total. The quantitative estimate of drug-likeness (QED) is 0.258. The topological polar surface area (TPSA) is 122 Å². The van der Waals surface area contributed by atoms with E-state index < -0.39 is 0 Å². The number of methoxy groups -OCH3 is 1. The average molecular weight is 490 g/mol. The molecule has 1 aliphatic heterocycles. The van der Waals surface area contributed by atoms with Gasteiger partial charge in [-0.1, -0.05) is 11.8 Å². The van der Waals surface area contributed by atoms with Crippen molar-refractivity contribution in [2.24, 2.45) is 7.05 Å². The second-order valence-corrected chi connectivity index (χ2v) is 9.00. The van der Waals surface area contributed by atoms with E-state index in [4.69, 9.17) is 20.3 Å². The first kappa shape index (κ1) is 22.8. The van der Waals surface area contributed by atoms with Crippen molar-refractivity contribution in [3.63, 3.8) is 0 Å². The molecular weight excluding hydrogens is 466 g/mol. The molecule has 1 aliphatic rings. The van der Waals surface area contributed by atoms with Crippen LogP contribution in [0.3, 0.4) is 0 Å². The van der Waals surface area contributed by atoms with E-state index in [1.807, 2.05) is 37.5 Å². The number of nitrogens with one attached hydrogen (secondary N) is 2. The lowest BCUT2D eigenvalue weighted by molar-refractivity contribution is -0.125. The third-order valence-corrected chi connectivity index (χ3v) is 6.55. The van der Waals surface area contributed by atoms with Crippen molar-refractivity contribution < 1.29 is 14.3 Å². The third-order valence-electron chi connectivity index (χ3n) is 5.67. The lowest BCUT2D eigenvalue weighted by Crippen LogP contribution is -2.41. The molecule has 35 heavy (non-hydrogen) atoms. The Labute approximate surface area is 205 Å². The number of fused-ring (bicyclic) bond motifs is 1. The Bertz CT molecular complexity index is 1510. The van der Waals surface area contributed by atoms with Crippen LogP contribution in [0.4, 0.5) is 5.69 Å². The van der Waals surface area contributed by atoms with E-state index in [1.165, 1.54) is 16.3 Å². The van der Waals surface area contributed by atoms with Gasteiger partial charge in [0, 0.05) is 47.4 Å². The number of anilines is 1. The summed E-state index contributed by atoms with van der Waals surface area (Å²) in [5.74, 6) is 0.405. The molecule has 1 saturated heterocycles. The summed E-state index contributed by atoms with van der Waals surface area (Å²) in [5.41, 5.74) is 3.28. The van der Waals surface area contributed by atoms with Crippen LogP contribution in [-0.2, 0) is 16.6 Å². The third kappa shape index (κ3) is 4.43. The number of carbonyl (C=O) groups excluding carboxylic acids is 1. The van der Waals surface area contributed by atoms with Crippen LogP contribution in [0.15, 0.2) is 60.0 Å². The van der Waals surface area contributed by atoms with Gasteiger partial charge in [0.25, 0.3) is 5.91 Å². The van der Waals surface area contributed by atoms with Crippen LogP contribution in [0, 0.1) is 10.8 Å². The molecule has 0 saturated carbocycles. The number of nitrogens with zero attached hydrogens (tertiary/aromatic N) is 5. The summed E-state index contributed by atoms with van der Waals surface area (Å²) in [6.45, 7) is 0.904. The maximum atomic E-state index is 12.4. The molecule has 3 aromatic heterocycles. The minimum Gasteiger partial charge on any atom is -0.494 e. The molecule has 1 aromatic carbocycles. The van der Waals surface area contributed by atoms with Crippen molar-refractivity contribution in [3.05, 3.63) is 60.6 Å². The minimum atomic E-state index is -0.143. The first-order valence-electron chi connectivity index (χ1n) is 10.8. The maximum absolute atomic E-state index is 12.4. The van der Waals surface area contributed by atoms with Gasteiger partial charge in [0.2, 0.25) is 0 Å². The normalized spacial score (nSPS) is 13.9. The molecule has 0 spiro atoms. The summed E-state index contributed by atoms with van der Waals surface area (Å²) in [6, 6.07) is 9.13. The van der Waals surface area contributed by atoms with Crippen molar-refractivity contribution in [2.45, 2.75) is 4.90 Å². The van der Waals surface area contributed by atoms with Crippen molar-refractivity contribution >= 4 is 39.4 Å². The number of aromatic nitrogens is 4. The molecule has 1 amide bonds. The predicted molar refractivity (Wildman–Crippen MR) is 133 cm³/mol. The smallest absolute Gasteiger partial charge is 0.253 e. The van der Waals surface area contributed by atoms with Crippen LogP contribution in [0.2, 0.25) is 0 Å². The Morgan fingerprint density at radius 1 is 1.17 bits per heavy atom. The molecule has 0 aliphatic carbocycles. The number of thioether (sulfide) groups is 1. The fourth-order valence-corrected chi connectivity index (χ4v) is 4.74. The van der Waals surface area contributed by atoms with Crippen molar-refractivity contribution in [1.29, 1.82) is 10.8 Å². The average Bonchev–Trinajstić information content (AvgIpc) is 3.30. The number of ether oxygens (including phenoxy) is 2. The second-order valence-electron chi connectivity index (χ2n) is 7.94. The summed E-state index contributed by atoms with van der Waals surface area (Å²) in [7, 11) is 3.41. The van der Waals surface area contributed by atoms with Crippen LogP contribution in [0.25, 0.3) is 22.0 Å². The zero-order valence-corrected chi connectivity index (χ0v) is 20.0. The maximum Gasteiger partial charge on any atom is 0.253 e. The van der Waals surface area contributed by atoms with E-state index in [0.717, 1.165) is 26.9 Å². The summed E-state index contributed by atoms with van der Waals surface area (Å²) in [4.78, 5) is 19.3. The zero-order chi connectivity index (χ0) is 24.5. The Hall–Kier alpha value is -3.96. The van der Waals surface area contributed by atoms with E-state index in [0.29, 0.717) is 24.6 Å². The number of pyridine rings is 2. The van der Waals surface area contributed by atoms with E-state index in [2.05, 4.69) is 10.1 Å². The Balaban J connectivity index is 1.48. The molecule has 0 atom stereocenters. The van der Waals surface area contributed by atoms with Gasteiger partial charge in [0.05, 0.1) is 31.6 Å². The van der Waals surface area contributed by atoms with Crippen LogP contribution in [0.1, 0.15) is 0 Å². The molecule has 178 valence electrons. The van der Waals surface area contributed by atoms with Gasteiger partial charge >= 0.3 is 0 Å². The summed E-state index contributed by atoms with van der Waals surface area (Å²) < 4.78 is 14.2. The molecule has 4 heterocycles. The summed E-state index contributed by atoms with van der Waals surface area (Å²) in [5, 5.41) is 22.1. The Kier molecular flexibility index (Phi) is 6.10. The highest BCUT2D eigenvalue weighted by Gasteiger charge is 2.25. The SMILES string of the molecule is COc1c(N2CCOCC2=O)cnc2ccc(SC(=N)n3cc(-c4cnn(C)c4)ccc3=N)cc12. The number of amides is 1. The van der Waals surface area contributed by atoms with Gasteiger partial charge in [-0.25, -0.2) is 0 Å². The van der Waals surface area contributed by atoms with Crippen LogP contribution >= 0.6 is 11.8 Å². The zero-order valence-electron chi connectivity index (χ0n) is 19.2. The van der Waals surface area contributed by atoms with Crippen LogP contribution in [0.5, 0.6) is 5.75 Å². The van der Waals surface area contributed by atoms with Crippen LogP contribution < -0.4 is 15.1 Å². The predicted octanol–water partition coefficient (Wildman–Crippen LogP) is 2.86. The van der Waals surface area contributed by atoms with Crippen LogP contribution in [-0.4, -0.2) is 57.3 Å². The first-order valence-corrected chi connectivity index (χ1v) is 11.6. The number of carbonyl (C=O) groups is 1. The van der Waals surface area contributed by atoms with Crippen molar-refractivity contribution in [1.82, 2.24) is 19.3 Å². The monoisotopic (exact) mass is 489 g/mol. The van der Waals surface area contributed by atoms with Crippen molar-refractivity contribution in [3.8, 4) is 16.9 Å². The Morgan fingerprint density at radius 2 is 2.03 bits per heavy atom. The van der Waals surface area contributed by atoms with Gasteiger partial charge in [-0.15, -0.1) is 0 Å². The molecule has 1 fully saturated rings. The van der Waals surface area contributed by atoms with Crippen molar-refractivity contribution in [2.75, 3.05) is 31.8 Å². The minimum absolute atomic E-state index is 0.0268. The first-order chi connectivity index (χ1) is 16.9. The summed E-state index contributed by atoms with van der Waals surface area (Å²) in [6.07, 6.45) is 7.05. The van der Waals surface area contributed by atoms with Gasteiger partial charge in [-0.3, -0.25) is 29.8 Å². The van der Waals surface area contributed by atoms with Gasteiger partial charge in [0.15, 0.2) is 10.9 Å². The molecule has 11 heteroatoms. The largest absolute Gasteiger partial charge is 0.494 e. The highest BCUT2D eigenvalue weighted by molar-refractivity contribution is 8.13. The molecule has 2 N–H and O–H groups in total. The lowest BCUT2D eigenvalue weighted by atomic mass is 10.1. The number of benzene rings is 1. The molecular formula is C24H23N7O3S. The number of rotatable bonds is 4. The lowest BCUT2D eigenvalue weighted by Gasteiger charge is -2.28. The fourth-order valence-electron chi connectivity index (χ4n) is 3.95. The molecule has 5 rings (SSSR count). The number of hydrogen-bond acceptors (Lipinski definition) is 8. The van der Waals surface area contributed by atoms with Gasteiger partial charge in [-0.2, -0.15) is 5.10 Å². The summed E-state index contributed by atoms with van der Waals surface area (Å²) >= 11 is 1.22. The highest BCUT2D eigenvalue weighted by atomic mass is 32.2. The number of aryl methyl sites for hydroxylation is 1. The standard InChI is InChI=1S/C24H23N7O3S/c1-29-12-16(10-28-29)15-3-6-21(25)31(13-15)24(26)35-17-4-5-19-18(9-17)23(33-2)20(11-27-19)30-7-8-34-14-22(30)32/h3-6,9-13,25-26H,7-8,14H2,1-2H3. The molecule has 4 aromatic rings. The molecule has 0 bridgehead atoms. The van der Waals surface area contributed by atoms with Gasteiger partial charge in [-0.05, 0) is 30.3 Å². The Morgan fingerprint density at radius 3 is 2.77 bits per heavy atom. The molecule has 0 radical (unpaired) electrons. The fraction of sp³-hybridized carbons (Fsp3) is 0.208. The number of morpholine rings is 1. The number of hydrogen-bond donors (Lipinski definition) is 2. The van der Waals surface area contributed by atoms with E-state index in [1.54, 1.807) is 41.3 Å². The highest BCUT2D eigenvalue weighted by Crippen LogP contribution is 2.37. The van der Waals surface area contributed by atoms with Gasteiger partial charge < -0.3 is 14.4 Å². The van der Waals surface area contributed by atoms with E-state index in [9.17, 15) is 4.79 Å². The van der Waals surface area contributed by atoms with E-state index >= 15 is 0 Å². The second kappa shape index (κ2) is 9.35. The van der Waals surface area contributed by atoms with Gasteiger partial charge in [0.1, 0.15) is 17.8 Å².